The molecule has 2 nitrogen and oxygen atoms in total. The van der Waals surface area contributed by atoms with Crippen LogP contribution in [0.4, 0.5) is 0 Å². The van der Waals surface area contributed by atoms with E-state index < -0.39 is 0 Å². The molecular weight excluding hydrogens is 206 g/mol. The highest BCUT2D eigenvalue weighted by atomic mass is 32.2. The van der Waals surface area contributed by atoms with Gasteiger partial charge in [0.1, 0.15) is 0 Å². The molecule has 2 rings (SSSR count). The third kappa shape index (κ3) is 2.19. The van der Waals surface area contributed by atoms with Gasteiger partial charge in [-0.05, 0) is 30.5 Å². The minimum Gasteiger partial charge on any atom is -0.396 e. The number of rotatable bonds is 3. The first kappa shape index (κ1) is 11.0. The Balaban J connectivity index is 2.28. The summed E-state index contributed by atoms with van der Waals surface area (Å²) in [7, 11) is 0. The first-order valence-corrected chi connectivity index (χ1v) is 6.33. The predicted octanol–water partition coefficient (Wildman–Crippen LogP) is 1.76. The van der Waals surface area contributed by atoms with E-state index in [2.05, 4.69) is 18.2 Å². The number of thioether (sulfide) groups is 1. The molecule has 2 atom stereocenters. The van der Waals surface area contributed by atoms with Gasteiger partial charge in [0.25, 0.3) is 0 Å². The van der Waals surface area contributed by atoms with Crippen LogP contribution in [0.5, 0.6) is 0 Å². The Bertz CT molecular complexity index is 351. The van der Waals surface area contributed by atoms with E-state index in [9.17, 15) is 5.11 Å². The van der Waals surface area contributed by atoms with Crippen molar-refractivity contribution in [2.75, 3.05) is 12.4 Å². The molecule has 0 bridgehead atoms. The molecule has 2 unspecified atom stereocenters. The molecule has 0 saturated carbocycles. The molecule has 0 aliphatic carbocycles. The predicted molar refractivity (Wildman–Crippen MR) is 64.3 cm³/mol. The fourth-order valence-corrected chi connectivity index (χ4v) is 3.06. The van der Waals surface area contributed by atoms with Crippen molar-refractivity contribution in [3.8, 4) is 0 Å². The number of aliphatic hydroxyl groups excluding tert-OH is 1. The third-order valence-electron chi connectivity index (χ3n) is 2.97. The molecule has 15 heavy (non-hydrogen) atoms. The van der Waals surface area contributed by atoms with Crippen molar-refractivity contribution in [2.24, 2.45) is 5.73 Å². The maximum Gasteiger partial charge on any atom is 0.0514 e. The number of hydrogen-bond donors (Lipinski definition) is 2. The summed E-state index contributed by atoms with van der Waals surface area (Å²) >= 11 is 1.91. The van der Waals surface area contributed by atoms with Gasteiger partial charge in [0.05, 0.1) is 6.61 Å². The summed E-state index contributed by atoms with van der Waals surface area (Å²) in [6.07, 6.45) is 1.14. The van der Waals surface area contributed by atoms with Gasteiger partial charge in [0.15, 0.2) is 0 Å². The molecule has 3 heteroatoms. The number of benzene rings is 1. The molecule has 82 valence electrons. The molecule has 1 aliphatic heterocycles. The van der Waals surface area contributed by atoms with Gasteiger partial charge in [-0.25, -0.2) is 0 Å². The SMILES string of the molecule is CC(N)C(CO)c1ccc2c(c1)CCS2. The number of aliphatic hydroxyl groups is 1. The maximum atomic E-state index is 9.31. The van der Waals surface area contributed by atoms with Crippen LogP contribution in [0.15, 0.2) is 23.1 Å². The summed E-state index contributed by atoms with van der Waals surface area (Å²) in [5.74, 6) is 1.25. The second-order valence-corrected chi connectivity index (χ2v) is 5.25. The summed E-state index contributed by atoms with van der Waals surface area (Å²) in [6, 6.07) is 6.47. The van der Waals surface area contributed by atoms with E-state index >= 15 is 0 Å². The van der Waals surface area contributed by atoms with E-state index in [0.717, 1.165) is 6.42 Å². The lowest BCUT2D eigenvalue weighted by Gasteiger charge is -2.19. The van der Waals surface area contributed by atoms with Gasteiger partial charge >= 0.3 is 0 Å². The minimum absolute atomic E-state index is 0.00195. The summed E-state index contributed by atoms with van der Waals surface area (Å²) in [6.45, 7) is 2.08. The summed E-state index contributed by atoms with van der Waals surface area (Å²) in [5.41, 5.74) is 8.45. The smallest absolute Gasteiger partial charge is 0.0514 e. The Morgan fingerprint density at radius 2 is 2.33 bits per heavy atom. The Morgan fingerprint density at radius 1 is 1.53 bits per heavy atom. The Hall–Kier alpha value is -0.510. The van der Waals surface area contributed by atoms with Crippen molar-refractivity contribution in [2.45, 2.75) is 30.2 Å². The molecule has 1 heterocycles. The van der Waals surface area contributed by atoms with Crippen LogP contribution in [0, 0.1) is 0 Å². The second kappa shape index (κ2) is 4.56. The molecule has 0 aromatic heterocycles. The summed E-state index contributed by atoms with van der Waals surface area (Å²) in [4.78, 5) is 1.39. The number of aryl methyl sites for hydroxylation is 1. The molecule has 0 radical (unpaired) electrons. The van der Waals surface area contributed by atoms with Crippen molar-refractivity contribution in [3.05, 3.63) is 29.3 Å². The van der Waals surface area contributed by atoms with Crippen LogP contribution >= 0.6 is 11.8 Å². The highest BCUT2D eigenvalue weighted by Crippen LogP contribution is 2.33. The van der Waals surface area contributed by atoms with Crippen LogP contribution < -0.4 is 5.73 Å². The van der Waals surface area contributed by atoms with E-state index in [1.165, 1.54) is 21.8 Å². The van der Waals surface area contributed by atoms with Crippen molar-refractivity contribution < 1.29 is 5.11 Å². The summed E-state index contributed by atoms with van der Waals surface area (Å²) < 4.78 is 0. The molecule has 0 fully saturated rings. The third-order valence-corrected chi connectivity index (χ3v) is 4.09. The second-order valence-electron chi connectivity index (χ2n) is 4.11. The minimum atomic E-state index is 0.00195. The van der Waals surface area contributed by atoms with Gasteiger partial charge in [0, 0.05) is 22.6 Å². The van der Waals surface area contributed by atoms with Crippen LogP contribution in [0.25, 0.3) is 0 Å². The zero-order chi connectivity index (χ0) is 10.8. The van der Waals surface area contributed by atoms with Gasteiger partial charge in [0.2, 0.25) is 0 Å². The Labute approximate surface area is 94.9 Å². The van der Waals surface area contributed by atoms with Crippen molar-refractivity contribution >= 4 is 11.8 Å². The van der Waals surface area contributed by atoms with Gasteiger partial charge in [-0.2, -0.15) is 0 Å². The van der Waals surface area contributed by atoms with Crippen LogP contribution in [0.1, 0.15) is 24.0 Å². The highest BCUT2D eigenvalue weighted by Gasteiger charge is 2.18. The zero-order valence-electron chi connectivity index (χ0n) is 8.94. The number of nitrogens with two attached hydrogens (primary N) is 1. The van der Waals surface area contributed by atoms with Gasteiger partial charge in [-0.3, -0.25) is 0 Å². The first-order valence-electron chi connectivity index (χ1n) is 5.34. The van der Waals surface area contributed by atoms with Gasteiger partial charge in [-0.15, -0.1) is 11.8 Å². The van der Waals surface area contributed by atoms with Crippen LogP contribution in [-0.4, -0.2) is 23.5 Å². The van der Waals surface area contributed by atoms with Crippen molar-refractivity contribution in [1.29, 1.82) is 0 Å². The lowest BCUT2D eigenvalue weighted by atomic mass is 9.92. The first-order chi connectivity index (χ1) is 7.22. The molecular formula is C12H17NOS. The monoisotopic (exact) mass is 223 g/mol. The van der Waals surface area contributed by atoms with Gasteiger partial charge < -0.3 is 10.8 Å². The van der Waals surface area contributed by atoms with Gasteiger partial charge in [-0.1, -0.05) is 12.1 Å². The summed E-state index contributed by atoms with van der Waals surface area (Å²) in [5, 5.41) is 9.31. The van der Waals surface area contributed by atoms with Crippen LogP contribution in [0.3, 0.4) is 0 Å². The maximum absolute atomic E-state index is 9.31. The van der Waals surface area contributed by atoms with E-state index in [-0.39, 0.29) is 18.6 Å². The fraction of sp³-hybridized carbons (Fsp3) is 0.500. The van der Waals surface area contributed by atoms with Crippen molar-refractivity contribution in [1.82, 2.24) is 0 Å². The highest BCUT2D eigenvalue weighted by molar-refractivity contribution is 7.99. The quantitative estimate of drug-likeness (QED) is 0.821. The standard InChI is InChI=1S/C12H17NOS/c1-8(13)11(7-14)9-2-3-12-10(6-9)4-5-15-12/h2-3,6,8,11,14H,4-5,7,13H2,1H3. The largest absolute Gasteiger partial charge is 0.396 e. The molecule has 0 spiro atoms. The molecule has 0 saturated heterocycles. The molecule has 1 aromatic rings. The fourth-order valence-electron chi connectivity index (χ4n) is 2.01. The van der Waals surface area contributed by atoms with E-state index in [1.807, 2.05) is 18.7 Å². The Morgan fingerprint density at radius 3 is 3.00 bits per heavy atom. The van der Waals surface area contributed by atoms with Crippen LogP contribution in [0.2, 0.25) is 0 Å². The molecule has 1 aromatic carbocycles. The average Bonchev–Trinajstić information content (AvgIpc) is 2.65. The van der Waals surface area contributed by atoms with Crippen molar-refractivity contribution in [3.63, 3.8) is 0 Å². The van der Waals surface area contributed by atoms with E-state index in [1.54, 1.807) is 0 Å². The molecule has 0 amide bonds. The number of fused-ring (bicyclic) bond motifs is 1. The lowest BCUT2D eigenvalue weighted by molar-refractivity contribution is 0.252. The molecule has 1 aliphatic rings. The average molecular weight is 223 g/mol. The molecule has 3 N–H and O–H groups in total. The van der Waals surface area contributed by atoms with Crippen LogP contribution in [-0.2, 0) is 6.42 Å². The number of hydrogen-bond acceptors (Lipinski definition) is 3. The normalized spacial score (nSPS) is 18.6. The zero-order valence-corrected chi connectivity index (χ0v) is 9.76. The lowest BCUT2D eigenvalue weighted by Crippen LogP contribution is -2.27. The Kier molecular flexibility index (Phi) is 3.34. The topological polar surface area (TPSA) is 46.2 Å². The van der Waals surface area contributed by atoms with E-state index in [0.29, 0.717) is 0 Å². The van der Waals surface area contributed by atoms with E-state index in [4.69, 9.17) is 5.73 Å².